The minimum atomic E-state index is -0.383. The summed E-state index contributed by atoms with van der Waals surface area (Å²) in [4.78, 5) is 33.7. The van der Waals surface area contributed by atoms with E-state index in [1.165, 1.54) is 5.56 Å². The Morgan fingerprint density at radius 1 is 0.917 bits per heavy atom. The Morgan fingerprint density at radius 2 is 1.61 bits per heavy atom. The number of rotatable bonds is 10. The van der Waals surface area contributed by atoms with Crippen molar-refractivity contribution < 1.29 is 9.53 Å². The Kier molecular flexibility index (Phi) is 8.28. The average Bonchev–Trinajstić information content (AvgIpc) is 2.92. The maximum atomic E-state index is 13.7. The van der Waals surface area contributed by atoms with Gasteiger partial charge in [0.25, 0.3) is 5.56 Å². The largest absolute Gasteiger partial charge is 0.367 e. The topological polar surface area (TPSA) is 64.4 Å². The number of carbonyl (C=O) groups excluding carboxylic acids is 1. The number of para-hydroxylation sites is 1. The fraction of sp³-hybridized carbons (Fsp3) is 0.300. The van der Waals surface area contributed by atoms with Crippen molar-refractivity contribution in [1.82, 2.24) is 14.5 Å². The van der Waals surface area contributed by atoms with E-state index in [1.807, 2.05) is 86.6 Å². The molecule has 3 aromatic carbocycles. The summed E-state index contributed by atoms with van der Waals surface area (Å²) >= 11 is 0. The summed E-state index contributed by atoms with van der Waals surface area (Å²) in [5, 5.41) is 0.552. The first-order valence-electron chi connectivity index (χ1n) is 12.6. The molecule has 0 aliphatic carbocycles. The van der Waals surface area contributed by atoms with Gasteiger partial charge >= 0.3 is 0 Å². The molecule has 1 atom stereocenters. The number of ether oxygens (including phenoxy) is 1. The summed E-state index contributed by atoms with van der Waals surface area (Å²) in [5.41, 5.74) is 3.44. The van der Waals surface area contributed by atoms with E-state index in [4.69, 9.17) is 9.72 Å². The molecule has 1 heterocycles. The summed E-state index contributed by atoms with van der Waals surface area (Å²) in [7, 11) is 0. The lowest BCUT2D eigenvalue weighted by Crippen LogP contribution is -2.40. The molecule has 0 fully saturated rings. The highest BCUT2D eigenvalue weighted by molar-refractivity contribution is 5.79. The first kappa shape index (κ1) is 25.3. The lowest BCUT2D eigenvalue weighted by Gasteiger charge is -2.31. The van der Waals surface area contributed by atoms with E-state index >= 15 is 0 Å². The number of carbonyl (C=O) groups is 1. The molecule has 36 heavy (non-hydrogen) atoms. The van der Waals surface area contributed by atoms with Crippen molar-refractivity contribution in [2.24, 2.45) is 0 Å². The second kappa shape index (κ2) is 11.8. The van der Waals surface area contributed by atoms with Gasteiger partial charge in [0.05, 0.1) is 29.2 Å². The predicted octanol–water partition coefficient (Wildman–Crippen LogP) is 5.46. The van der Waals surface area contributed by atoms with Crippen LogP contribution in [0.3, 0.4) is 0 Å². The molecule has 186 valence electrons. The molecule has 1 unspecified atom stereocenters. The number of benzene rings is 3. The molecular weight excluding hydrogens is 450 g/mol. The normalized spacial score (nSPS) is 12.0. The van der Waals surface area contributed by atoms with Gasteiger partial charge in [-0.1, -0.05) is 68.4 Å². The highest BCUT2D eigenvalue weighted by Crippen LogP contribution is 2.26. The van der Waals surface area contributed by atoms with Crippen LogP contribution in [0.15, 0.2) is 83.7 Å². The van der Waals surface area contributed by atoms with Crippen molar-refractivity contribution in [3.63, 3.8) is 0 Å². The molecule has 6 heteroatoms. The van der Waals surface area contributed by atoms with E-state index in [-0.39, 0.29) is 24.1 Å². The van der Waals surface area contributed by atoms with Crippen molar-refractivity contribution in [3.05, 3.63) is 106 Å². The van der Waals surface area contributed by atoms with E-state index in [1.54, 1.807) is 15.5 Å². The van der Waals surface area contributed by atoms with E-state index in [9.17, 15) is 9.59 Å². The van der Waals surface area contributed by atoms with Gasteiger partial charge in [-0.2, -0.15) is 0 Å². The van der Waals surface area contributed by atoms with Gasteiger partial charge in [0.1, 0.15) is 12.4 Å². The number of hydrogen-bond acceptors (Lipinski definition) is 4. The molecule has 6 nitrogen and oxygen atoms in total. The van der Waals surface area contributed by atoms with Crippen LogP contribution in [-0.2, 0) is 22.6 Å². The van der Waals surface area contributed by atoms with Crippen LogP contribution in [-0.4, -0.2) is 33.5 Å². The lowest BCUT2D eigenvalue weighted by molar-refractivity contribution is -0.139. The summed E-state index contributed by atoms with van der Waals surface area (Å²) in [6.07, 6.45) is 1.52. The van der Waals surface area contributed by atoms with Gasteiger partial charge in [-0.3, -0.25) is 14.2 Å². The van der Waals surface area contributed by atoms with Crippen LogP contribution in [0.25, 0.3) is 16.6 Å². The van der Waals surface area contributed by atoms with Gasteiger partial charge < -0.3 is 9.64 Å². The van der Waals surface area contributed by atoms with Gasteiger partial charge in [-0.15, -0.1) is 0 Å². The minimum absolute atomic E-state index is 0.0394. The van der Waals surface area contributed by atoms with Crippen LogP contribution < -0.4 is 5.56 Å². The maximum absolute atomic E-state index is 13.7. The minimum Gasteiger partial charge on any atom is -0.367 e. The van der Waals surface area contributed by atoms with Crippen molar-refractivity contribution >= 4 is 16.8 Å². The van der Waals surface area contributed by atoms with Gasteiger partial charge in [-0.25, -0.2) is 4.98 Å². The highest BCUT2D eigenvalue weighted by Gasteiger charge is 2.28. The number of hydrogen-bond donors (Lipinski definition) is 0. The van der Waals surface area contributed by atoms with Crippen LogP contribution in [0.2, 0.25) is 0 Å². The predicted molar refractivity (Wildman–Crippen MR) is 143 cm³/mol. The Bertz CT molecular complexity index is 1360. The smallest absolute Gasteiger partial charge is 0.266 e. The molecule has 0 N–H and O–H groups in total. The first-order valence-corrected chi connectivity index (χ1v) is 12.6. The van der Waals surface area contributed by atoms with Crippen molar-refractivity contribution in [1.29, 1.82) is 0 Å². The van der Waals surface area contributed by atoms with Crippen molar-refractivity contribution in [2.45, 2.75) is 46.3 Å². The quantitative estimate of drug-likeness (QED) is 0.300. The Labute approximate surface area is 212 Å². The fourth-order valence-corrected chi connectivity index (χ4v) is 4.53. The molecule has 0 aliphatic rings. The van der Waals surface area contributed by atoms with E-state index < -0.39 is 0 Å². The number of aromatic nitrogens is 2. The molecule has 0 saturated carbocycles. The zero-order valence-electron chi connectivity index (χ0n) is 21.2. The van der Waals surface area contributed by atoms with E-state index in [0.29, 0.717) is 36.3 Å². The summed E-state index contributed by atoms with van der Waals surface area (Å²) < 4.78 is 7.41. The second-order valence-corrected chi connectivity index (χ2v) is 8.73. The molecular formula is C30H33N3O3. The van der Waals surface area contributed by atoms with Crippen LogP contribution in [0.5, 0.6) is 0 Å². The third kappa shape index (κ3) is 5.39. The molecule has 1 aromatic heterocycles. The van der Waals surface area contributed by atoms with Crippen LogP contribution >= 0.6 is 0 Å². The summed E-state index contributed by atoms with van der Waals surface area (Å²) in [6, 6.07) is 24.7. The van der Waals surface area contributed by atoms with Crippen LogP contribution in [0, 0.1) is 0 Å². The maximum Gasteiger partial charge on any atom is 0.266 e. The third-order valence-corrected chi connectivity index (χ3v) is 6.46. The van der Waals surface area contributed by atoms with Crippen LogP contribution in [0.1, 0.15) is 50.2 Å². The van der Waals surface area contributed by atoms with Crippen molar-refractivity contribution in [3.8, 4) is 5.69 Å². The molecule has 0 bridgehead atoms. The average molecular weight is 484 g/mol. The van der Waals surface area contributed by atoms with Gasteiger partial charge in [0.15, 0.2) is 0 Å². The molecule has 0 spiro atoms. The van der Waals surface area contributed by atoms with E-state index in [2.05, 4.69) is 6.92 Å². The number of fused-ring (bicyclic) bond motifs is 1. The zero-order valence-corrected chi connectivity index (χ0v) is 21.2. The Morgan fingerprint density at radius 3 is 2.28 bits per heavy atom. The molecule has 4 rings (SSSR count). The molecule has 1 amide bonds. The monoisotopic (exact) mass is 483 g/mol. The Balaban J connectivity index is 1.71. The fourth-order valence-electron chi connectivity index (χ4n) is 4.53. The number of likely N-dealkylation sites (N-methyl/N-ethyl adjacent to an activating group) is 1. The molecule has 0 saturated heterocycles. The Hall–Kier alpha value is -3.77. The standard InChI is InChI=1S/C30H33N3O3/c1-4-22-16-18-24(19-17-22)33-29(31-26-15-11-10-14-25(26)30(33)35)27(5-2)32(6-3)28(34)21-36-20-23-12-8-7-9-13-23/h7-19,27H,4-6,20-21H2,1-3H3. The molecule has 0 radical (unpaired) electrons. The molecule has 0 aliphatic heterocycles. The van der Waals surface area contributed by atoms with Crippen molar-refractivity contribution in [2.75, 3.05) is 13.2 Å². The van der Waals surface area contributed by atoms with E-state index in [0.717, 1.165) is 17.7 Å². The lowest BCUT2D eigenvalue weighted by atomic mass is 10.1. The second-order valence-electron chi connectivity index (χ2n) is 8.73. The summed E-state index contributed by atoms with van der Waals surface area (Å²) in [5.74, 6) is 0.430. The number of nitrogens with zero attached hydrogens (tertiary/aromatic N) is 3. The number of aryl methyl sites for hydroxylation is 1. The van der Waals surface area contributed by atoms with Gasteiger partial charge in [0.2, 0.25) is 5.91 Å². The molecule has 4 aromatic rings. The SMILES string of the molecule is CCc1ccc(-n2c(C(CC)N(CC)C(=O)COCc3ccccc3)nc3ccccc3c2=O)cc1. The third-order valence-electron chi connectivity index (χ3n) is 6.46. The number of amides is 1. The highest BCUT2D eigenvalue weighted by atomic mass is 16.5. The first-order chi connectivity index (χ1) is 17.6. The summed E-state index contributed by atoms with van der Waals surface area (Å²) in [6.45, 7) is 6.85. The van der Waals surface area contributed by atoms with Crippen LogP contribution in [0.4, 0.5) is 0 Å². The van der Waals surface area contributed by atoms with Gasteiger partial charge in [-0.05, 0) is 55.2 Å². The zero-order chi connectivity index (χ0) is 25.5. The van der Waals surface area contributed by atoms with Gasteiger partial charge in [0, 0.05) is 6.54 Å².